The van der Waals surface area contributed by atoms with Crippen LogP contribution >= 0.6 is 0 Å². The third-order valence-electron chi connectivity index (χ3n) is 11.7. The van der Waals surface area contributed by atoms with E-state index in [0.29, 0.717) is 17.8 Å². The molecule has 0 bridgehead atoms. The van der Waals surface area contributed by atoms with Crippen molar-refractivity contribution in [3.05, 3.63) is 34.9 Å². The van der Waals surface area contributed by atoms with Crippen LogP contribution in [0, 0.1) is 23.2 Å². The predicted octanol–water partition coefficient (Wildman–Crippen LogP) is 8.57. The highest BCUT2D eigenvalue weighted by atomic mass is 16.7. The summed E-state index contributed by atoms with van der Waals surface area (Å²) < 4.78 is 12.2. The second-order valence-electron chi connectivity index (χ2n) is 13.7. The zero-order valence-corrected chi connectivity index (χ0v) is 23.6. The molecule has 3 nitrogen and oxygen atoms in total. The smallest absolute Gasteiger partial charge is 0.172 e. The van der Waals surface area contributed by atoms with Crippen molar-refractivity contribution in [1.82, 2.24) is 0 Å². The van der Waals surface area contributed by atoms with E-state index in [9.17, 15) is 5.11 Å². The minimum absolute atomic E-state index is 0.0331. The van der Waals surface area contributed by atoms with Crippen molar-refractivity contribution in [3.8, 4) is 0 Å². The Balaban J connectivity index is 1.17. The number of allylic oxidation sites excluding steroid dienone is 4. The van der Waals surface area contributed by atoms with Gasteiger partial charge in [0.25, 0.3) is 0 Å². The summed E-state index contributed by atoms with van der Waals surface area (Å²) in [6.07, 6.45) is 31.2. The number of fused-ring (bicyclic) bond motifs is 4. The fraction of sp³-hybridized carbons (Fsp3) is 0.824. The first-order valence-electron chi connectivity index (χ1n) is 16.1. The van der Waals surface area contributed by atoms with Gasteiger partial charge in [-0.15, -0.1) is 0 Å². The summed E-state index contributed by atoms with van der Waals surface area (Å²) in [5, 5.41) is 12.2. The van der Waals surface area contributed by atoms with Crippen molar-refractivity contribution in [3.63, 3.8) is 0 Å². The summed E-state index contributed by atoms with van der Waals surface area (Å²) in [5.41, 5.74) is 4.20. The summed E-state index contributed by atoms with van der Waals surface area (Å²) in [7, 11) is 0. The standard InChI is InChI=1S/C34H52O3/c1-32-19-16-29-28-17-22-34(36-23-24-37-34)25-27(28)13-14-30(29)31(32)18-21-33(32,35)20-15-26-11-9-7-5-3-2-4-6-8-10-12-26/h15-16,20,26,30-31,35H,2-14,17-19,21-25H2,1H3/t30-,31+,32+,33+/m1/s1. The van der Waals surface area contributed by atoms with Crippen LogP contribution in [0.3, 0.4) is 0 Å². The molecule has 0 aromatic rings. The molecule has 1 spiro atoms. The zero-order chi connectivity index (χ0) is 25.3. The summed E-state index contributed by atoms with van der Waals surface area (Å²) in [4.78, 5) is 0. The van der Waals surface area contributed by atoms with E-state index in [1.54, 1.807) is 16.7 Å². The number of aliphatic hydroxyl groups is 1. The van der Waals surface area contributed by atoms with Crippen LogP contribution in [0.2, 0.25) is 0 Å². The molecular weight excluding hydrogens is 456 g/mol. The van der Waals surface area contributed by atoms with Crippen molar-refractivity contribution < 1.29 is 14.6 Å². The Hall–Kier alpha value is -0.900. The molecule has 0 aromatic carbocycles. The highest BCUT2D eigenvalue weighted by molar-refractivity contribution is 5.45. The molecule has 0 unspecified atom stereocenters. The van der Waals surface area contributed by atoms with E-state index in [1.807, 2.05) is 0 Å². The molecule has 6 rings (SSSR count). The van der Waals surface area contributed by atoms with Crippen molar-refractivity contribution in [1.29, 1.82) is 0 Å². The fourth-order valence-corrected chi connectivity index (χ4v) is 9.30. The lowest BCUT2D eigenvalue weighted by molar-refractivity contribution is -0.164. The van der Waals surface area contributed by atoms with Crippen LogP contribution in [-0.4, -0.2) is 29.7 Å². The van der Waals surface area contributed by atoms with Gasteiger partial charge in [0, 0.05) is 18.3 Å². The molecule has 37 heavy (non-hydrogen) atoms. The number of rotatable bonds is 2. The Morgan fingerprint density at radius 2 is 1.51 bits per heavy atom. The van der Waals surface area contributed by atoms with E-state index < -0.39 is 5.60 Å². The van der Waals surface area contributed by atoms with Crippen molar-refractivity contribution in [2.45, 2.75) is 140 Å². The van der Waals surface area contributed by atoms with Crippen molar-refractivity contribution >= 4 is 0 Å². The lowest BCUT2D eigenvalue weighted by atomic mass is 9.56. The molecule has 4 atom stereocenters. The lowest BCUT2D eigenvalue weighted by Crippen LogP contribution is -2.48. The quantitative estimate of drug-likeness (QED) is 0.380. The van der Waals surface area contributed by atoms with Gasteiger partial charge in [-0.1, -0.05) is 88.5 Å². The fourth-order valence-electron chi connectivity index (χ4n) is 9.30. The van der Waals surface area contributed by atoms with Gasteiger partial charge in [0.05, 0.1) is 18.8 Å². The Morgan fingerprint density at radius 1 is 0.838 bits per heavy atom. The van der Waals surface area contributed by atoms with E-state index in [2.05, 4.69) is 25.2 Å². The number of hydrogen-bond acceptors (Lipinski definition) is 3. The average Bonchev–Trinajstić information content (AvgIpc) is 3.45. The largest absolute Gasteiger partial charge is 0.385 e. The first kappa shape index (κ1) is 26.3. The van der Waals surface area contributed by atoms with Gasteiger partial charge in [0.15, 0.2) is 5.79 Å². The molecule has 0 radical (unpaired) electrons. The molecule has 0 aromatic heterocycles. The monoisotopic (exact) mass is 508 g/mol. The predicted molar refractivity (Wildman–Crippen MR) is 150 cm³/mol. The molecule has 1 heterocycles. The third kappa shape index (κ3) is 5.07. The second kappa shape index (κ2) is 10.9. The van der Waals surface area contributed by atoms with Crippen LogP contribution in [0.1, 0.15) is 129 Å². The molecule has 3 heteroatoms. The van der Waals surface area contributed by atoms with E-state index in [1.165, 1.54) is 89.9 Å². The zero-order valence-electron chi connectivity index (χ0n) is 23.6. The molecule has 206 valence electrons. The van der Waals surface area contributed by atoms with Gasteiger partial charge in [-0.3, -0.25) is 0 Å². The maximum atomic E-state index is 12.2. The van der Waals surface area contributed by atoms with Crippen molar-refractivity contribution in [2.75, 3.05) is 13.2 Å². The molecule has 1 saturated heterocycles. The highest BCUT2D eigenvalue weighted by Crippen LogP contribution is 2.63. The molecule has 6 aliphatic rings. The summed E-state index contributed by atoms with van der Waals surface area (Å²) in [5.74, 6) is 1.56. The first-order valence-corrected chi connectivity index (χ1v) is 16.1. The van der Waals surface area contributed by atoms with Crippen molar-refractivity contribution in [2.24, 2.45) is 23.2 Å². The van der Waals surface area contributed by atoms with E-state index in [0.717, 1.165) is 45.3 Å². The Bertz CT molecular complexity index is 896. The van der Waals surface area contributed by atoms with Gasteiger partial charge in [0.1, 0.15) is 0 Å². The number of hydrogen-bond donors (Lipinski definition) is 1. The first-order chi connectivity index (χ1) is 18.0. The Morgan fingerprint density at radius 3 is 2.22 bits per heavy atom. The molecule has 1 aliphatic heterocycles. The van der Waals surface area contributed by atoms with Gasteiger partial charge in [0.2, 0.25) is 0 Å². The molecule has 1 N–H and O–H groups in total. The molecular formula is C34H52O3. The van der Waals surface area contributed by atoms with Crippen LogP contribution in [-0.2, 0) is 9.47 Å². The van der Waals surface area contributed by atoms with E-state index >= 15 is 0 Å². The third-order valence-corrected chi connectivity index (χ3v) is 11.7. The number of ether oxygens (including phenoxy) is 2. The van der Waals surface area contributed by atoms with E-state index in [4.69, 9.17) is 9.47 Å². The SMILES string of the molecule is C[C@]12CC=C3C4=C(CC[C@H]3[C@@H]1CC[C@@]2(O)C=CC1CCCCCCCCCCC1)CC1(CC4)OCCO1. The van der Waals surface area contributed by atoms with Gasteiger partial charge >= 0.3 is 0 Å². The molecule has 2 saturated carbocycles. The molecule has 5 aliphatic carbocycles. The van der Waals surface area contributed by atoms with Gasteiger partial charge in [-0.25, -0.2) is 0 Å². The van der Waals surface area contributed by atoms with Crippen LogP contribution in [0.4, 0.5) is 0 Å². The normalized spacial score (nSPS) is 39.6. The summed E-state index contributed by atoms with van der Waals surface area (Å²) >= 11 is 0. The average molecular weight is 509 g/mol. The molecule has 3 fully saturated rings. The maximum absolute atomic E-state index is 12.2. The Kier molecular flexibility index (Phi) is 7.78. The van der Waals surface area contributed by atoms with E-state index in [-0.39, 0.29) is 11.2 Å². The van der Waals surface area contributed by atoms with Crippen LogP contribution < -0.4 is 0 Å². The van der Waals surface area contributed by atoms with Gasteiger partial charge in [-0.2, -0.15) is 0 Å². The minimum atomic E-state index is -0.653. The van der Waals surface area contributed by atoms with Gasteiger partial charge in [-0.05, 0) is 80.3 Å². The molecule has 0 amide bonds. The van der Waals surface area contributed by atoms with Crippen LogP contribution in [0.25, 0.3) is 0 Å². The summed E-state index contributed by atoms with van der Waals surface area (Å²) in [6.45, 7) is 3.92. The highest BCUT2D eigenvalue weighted by Gasteiger charge is 2.59. The second-order valence-corrected chi connectivity index (χ2v) is 13.7. The lowest BCUT2D eigenvalue weighted by Gasteiger charge is -2.50. The van der Waals surface area contributed by atoms with Crippen LogP contribution in [0.15, 0.2) is 34.9 Å². The van der Waals surface area contributed by atoms with Crippen LogP contribution in [0.5, 0.6) is 0 Å². The Labute approximate surface area is 226 Å². The maximum Gasteiger partial charge on any atom is 0.172 e. The summed E-state index contributed by atoms with van der Waals surface area (Å²) in [6, 6.07) is 0. The van der Waals surface area contributed by atoms with Gasteiger partial charge < -0.3 is 14.6 Å². The topological polar surface area (TPSA) is 38.7 Å². The minimum Gasteiger partial charge on any atom is -0.385 e.